The van der Waals surface area contributed by atoms with Crippen molar-refractivity contribution in [3.8, 4) is 0 Å². The van der Waals surface area contributed by atoms with Gasteiger partial charge in [0.25, 0.3) is 0 Å². The fourth-order valence-corrected chi connectivity index (χ4v) is 15.9. The van der Waals surface area contributed by atoms with Crippen molar-refractivity contribution in [3.63, 3.8) is 0 Å². The second-order valence-corrected chi connectivity index (χ2v) is 20.3. The summed E-state index contributed by atoms with van der Waals surface area (Å²) in [7, 11) is 0. The van der Waals surface area contributed by atoms with Crippen LogP contribution in [0.3, 0.4) is 0 Å². The van der Waals surface area contributed by atoms with E-state index in [2.05, 4.69) is 0 Å². The van der Waals surface area contributed by atoms with Crippen molar-refractivity contribution in [2.75, 3.05) is 22.9 Å². The fraction of sp³-hybridized carbons (Fsp3) is 0.227. The van der Waals surface area contributed by atoms with Crippen LogP contribution < -0.4 is 17.5 Å². The first-order valence-corrected chi connectivity index (χ1v) is 22.3. The molecule has 4 aromatic rings. The molecule has 0 N–H and O–H groups in total. The maximum absolute atomic E-state index is 17.9. The van der Waals surface area contributed by atoms with Crippen molar-refractivity contribution < 1.29 is 65.5 Å². The molecule has 0 atom stereocenters. The first-order chi connectivity index (χ1) is 26.5. The van der Waals surface area contributed by atoms with Crippen LogP contribution in [0.2, 0.25) is 10.0 Å². The zero-order chi connectivity index (χ0) is 39.3. The van der Waals surface area contributed by atoms with E-state index in [1.165, 1.54) is 46.2 Å². The second kappa shape index (κ2) is 19.3. The number of carbonyl (C=O) groups is 2. The Labute approximate surface area is 353 Å². The van der Waals surface area contributed by atoms with Crippen LogP contribution in [0.5, 0.6) is 0 Å². The molecule has 0 spiro atoms. The number of amides is 2. The summed E-state index contributed by atoms with van der Waals surface area (Å²) in [4.78, 5) is 30.7. The molecule has 2 aliphatic rings. The minimum absolute atomic E-state index is 0. The summed E-state index contributed by atoms with van der Waals surface area (Å²) in [5.41, 5.74) is 0.0901. The number of hydrogen-bond donors (Lipinski definition) is 0. The van der Waals surface area contributed by atoms with Gasteiger partial charge in [-0.05, 0) is 0 Å². The Balaban J connectivity index is 0.00000600. The number of allylic oxidation sites excluding steroid dienone is 8. The molecule has 0 unspecified atom stereocenters. The Kier molecular flexibility index (Phi) is 15.0. The molecule has 288 valence electrons. The SMILES string of the molecule is CCCCN(C(=O)c1ccc(Cl)cc1)c1ccc(F)[c]([Ti]([C]2=CC=CC2)([C]2=CC=CC2)[c]2c(F)ccc(N(CCCC)C(=O)c3ccc(Cl)cc3)c2F)c1F.[Ti]. The number of unbranched alkanes of at least 4 members (excludes halogenated alkanes) is 2. The molecule has 0 saturated heterocycles. The number of rotatable bonds is 14. The van der Waals surface area contributed by atoms with Gasteiger partial charge in [-0.1, -0.05) is 0 Å². The van der Waals surface area contributed by atoms with Crippen molar-refractivity contribution in [2.24, 2.45) is 0 Å². The van der Waals surface area contributed by atoms with E-state index in [-0.39, 0.29) is 70.2 Å². The van der Waals surface area contributed by atoms with Gasteiger partial charge in [0.05, 0.1) is 0 Å². The standard InChI is InChI=1S/2C17H15ClF2NO.2C5H5.2Ti/c2*1-2-3-10-21(16-9-8-14(19)11-15(16)20)17(22)12-4-6-13(18)7-5-12;2*1-2-4-5-3-1;;/h2*4-9H,2-3,10H2,1H3;2*1-3H,4H2;;. The van der Waals surface area contributed by atoms with Crippen molar-refractivity contribution in [1.29, 1.82) is 0 Å². The number of hydrogen-bond acceptors (Lipinski definition) is 2. The summed E-state index contributed by atoms with van der Waals surface area (Å²) in [5.74, 6) is -5.11. The van der Waals surface area contributed by atoms with Gasteiger partial charge in [-0.25, -0.2) is 0 Å². The van der Waals surface area contributed by atoms with Gasteiger partial charge in [-0.15, -0.1) is 0 Å². The Morgan fingerprint density at radius 2 is 0.982 bits per heavy atom. The normalized spacial score (nSPS) is 13.4. The third kappa shape index (κ3) is 8.52. The number of anilines is 2. The molecule has 0 saturated carbocycles. The predicted octanol–water partition coefficient (Wildman–Crippen LogP) is 11.2. The second-order valence-electron chi connectivity index (χ2n) is 13.5. The third-order valence-corrected chi connectivity index (χ3v) is 18.6. The van der Waals surface area contributed by atoms with Crippen LogP contribution in [0.4, 0.5) is 28.9 Å². The molecule has 12 heteroatoms. The minimum atomic E-state index is -5.36. The van der Waals surface area contributed by atoms with Crippen molar-refractivity contribution in [2.45, 2.75) is 52.4 Å². The van der Waals surface area contributed by atoms with Crippen LogP contribution in [0.1, 0.15) is 73.1 Å². The largest absolute Gasteiger partial charge is 0 e. The van der Waals surface area contributed by atoms with E-state index in [1.807, 2.05) is 13.8 Å². The molecular formula is C44H40Cl2F4N2O2Ti2. The molecule has 6 rings (SSSR count). The predicted molar refractivity (Wildman–Crippen MR) is 212 cm³/mol. The molecule has 56 heavy (non-hydrogen) atoms. The molecule has 0 aromatic heterocycles. The van der Waals surface area contributed by atoms with Crippen molar-refractivity contribution in [1.82, 2.24) is 0 Å². The molecule has 2 amide bonds. The number of nitrogens with zero attached hydrogens (tertiary/aromatic N) is 2. The zero-order valence-electron chi connectivity index (χ0n) is 31.0. The van der Waals surface area contributed by atoms with Crippen molar-refractivity contribution in [3.05, 3.63) is 161 Å². The average molecular weight is 871 g/mol. The Hall–Kier alpha value is -3.49. The summed E-state index contributed by atoms with van der Waals surface area (Å²) >= 11 is 6.84. The van der Waals surface area contributed by atoms with Gasteiger partial charge in [0.1, 0.15) is 0 Å². The first-order valence-electron chi connectivity index (χ1n) is 18.4. The topological polar surface area (TPSA) is 40.6 Å². The summed E-state index contributed by atoms with van der Waals surface area (Å²) in [6, 6.07) is 17.0. The Morgan fingerprint density at radius 1 is 0.607 bits per heavy atom. The minimum Gasteiger partial charge on any atom is 0 e. The van der Waals surface area contributed by atoms with Gasteiger partial charge in [0.15, 0.2) is 0 Å². The summed E-state index contributed by atoms with van der Waals surface area (Å²) in [6.07, 6.45) is 13.2. The van der Waals surface area contributed by atoms with Crippen LogP contribution in [0.15, 0.2) is 117 Å². The van der Waals surface area contributed by atoms with Gasteiger partial charge < -0.3 is 0 Å². The first kappa shape index (κ1) is 43.6. The summed E-state index contributed by atoms with van der Waals surface area (Å²) in [6.45, 7) is 4.06. The van der Waals surface area contributed by atoms with Crippen LogP contribution >= 0.6 is 23.2 Å². The maximum Gasteiger partial charge on any atom is 0 e. The van der Waals surface area contributed by atoms with Crippen LogP contribution in [-0.4, -0.2) is 24.9 Å². The molecule has 2 aliphatic carbocycles. The average Bonchev–Trinajstić information content (AvgIpc) is 3.93. The number of benzene rings is 4. The monoisotopic (exact) mass is 870 g/mol. The quantitative estimate of drug-likeness (QED) is 0.0936. The van der Waals surface area contributed by atoms with Gasteiger partial charge in [-0.3, -0.25) is 0 Å². The van der Waals surface area contributed by atoms with E-state index in [4.69, 9.17) is 23.2 Å². The molecular weight excluding hydrogens is 831 g/mol. The molecule has 4 aromatic carbocycles. The molecule has 0 aliphatic heterocycles. The van der Waals surface area contributed by atoms with Gasteiger partial charge >= 0.3 is 335 Å². The van der Waals surface area contributed by atoms with Crippen LogP contribution in [0, 0.1) is 23.3 Å². The maximum atomic E-state index is 17.9. The molecule has 0 heterocycles. The van der Waals surface area contributed by atoms with E-state index in [9.17, 15) is 9.59 Å². The molecule has 0 fully saturated rings. The molecule has 4 nitrogen and oxygen atoms in total. The summed E-state index contributed by atoms with van der Waals surface area (Å²) in [5, 5.41) is 0.826. The summed E-state index contributed by atoms with van der Waals surface area (Å²) < 4.78 is 69.8. The molecule has 0 bridgehead atoms. The van der Waals surface area contributed by atoms with Crippen LogP contribution in [0.25, 0.3) is 0 Å². The Morgan fingerprint density at radius 3 is 1.30 bits per heavy atom. The molecule has 0 radical (unpaired) electrons. The zero-order valence-corrected chi connectivity index (χ0v) is 35.7. The van der Waals surface area contributed by atoms with Crippen molar-refractivity contribution >= 4 is 54.1 Å². The number of halogens is 6. The van der Waals surface area contributed by atoms with Gasteiger partial charge in [0, 0.05) is 21.7 Å². The van der Waals surface area contributed by atoms with E-state index < -0.39 is 59.4 Å². The van der Waals surface area contributed by atoms with E-state index >= 15 is 17.6 Å². The van der Waals surface area contributed by atoms with E-state index in [0.29, 0.717) is 43.5 Å². The van der Waals surface area contributed by atoms with Crippen LogP contribution in [-0.2, 0) is 38.3 Å². The third-order valence-electron chi connectivity index (χ3n) is 10.1. The number of carbonyl (C=O) groups excluding carboxylic acids is 2. The smallest absolute Gasteiger partial charge is 0 e. The van der Waals surface area contributed by atoms with E-state index in [1.54, 1.807) is 60.7 Å². The van der Waals surface area contributed by atoms with E-state index in [0.717, 1.165) is 12.1 Å². The fourth-order valence-electron chi connectivity index (χ4n) is 7.40. The Bertz CT molecular complexity index is 2070. The van der Waals surface area contributed by atoms with Gasteiger partial charge in [0.2, 0.25) is 0 Å². The van der Waals surface area contributed by atoms with Gasteiger partial charge in [-0.2, -0.15) is 0 Å².